The lowest BCUT2D eigenvalue weighted by Gasteiger charge is -2.21. The predicted molar refractivity (Wildman–Crippen MR) is 126 cm³/mol. The van der Waals surface area contributed by atoms with E-state index in [0.717, 1.165) is 12.1 Å². The molecule has 16 heteroatoms. The van der Waals surface area contributed by atoms with Gasteiger partial charge in [-0.25, -0.2) is 4.79 Å². The normalized spacial score (nSPS) is 12.9. The Bertz CT molecular complexity index is 1140. The first-order valence-corrected chi connectivity index (χ1v) is 12.5. The van der Waals surface area contributed by atoms with Crippen molar-refractivity contribution < 1.29 is 35.3 Å². The molecule has 0 saturated heterocycles. The summed E-state index contributed by atoms with van der Waals surface area (Å²) in [6.45, 7) is 1.54. The fourth-order valence-corrected chi connectivity index (χ4v) is 3.82. The average molecular weight is 600 g/mol. The summed E-state index contributed by atoms with van der Waals surface area (Å²) in [7, 11) is -5.86. The van der Waals surface area contributed by atoms with Crippen molar-refractivity contribution >= 4 is 80.3 Å². The van der Waals surface area contributed by atoms with Crippen molar-refractivity contribution in [1.82, 2.24) is 4.41 Å². The molecule has 2 rings (SSSR count). The smallest absolute Gasteiger partial charge is 0.448 e. The maximum Gasteiger partial charge on any atom is 0.534 e. The number of amides is 1. The number of ether oxygens (including phenoxy) is 1. The third-order valence-electron chi connectivity index (χ3n) is 3.54. The van der Waals surface area contributed by atoms with Gasteiger partial charge >= 0.3 is 21.7 Å². The molecule has 0 atom stereocenters. The SMILES string of the molecule is CCOC(=O)N(N=C(c1ccc(Cl)cc1)c1ccc(OS(=O)(=O)C(F)(F)F)cc1)SC(Cl)(Cl)Cl. The van der Waals surface area contributed by atoms with E-state index in [2.05, 4.69) is 9.28 Å². The van der Waals surface area contributed by atoms with Crippen LogP contribution in [0.1, 0.15) is 18.1 Å². The molecule has 34 heavy (non-hydrogen) atoms. The molecular formula is C18H13Cl4F3N2O5S2. The second-order valence-electron chi connectivity index (χ2n) is 5.97. The summed E-state index contributed by atoms with van der Waals surface area (Å²) >= 11 is 23.7. The second-order valence-corrected chi connectivity index (χ2v) is 12.0. The summed E-state index contributed by atoms with van der Waals surface area (Å²) in [6, 6.07) is 10.5. The Hall–Kier alpha value is -1.57. The van der Waals surface area contributed by atoms with Crippen LogP contribution in [0.5, 0.6) is 5.75 Å². The van der Waals surface area contributed by atoms with Gasteiger partial charge < -0.3 is 8.92 Å². The van der Waals surface area contributed by atoms with Crippen LogP contribution in [0.4, 0.5) is 18.0 Å². The first-order valence-electron chi connectivity index (χ1n) is 8.81. The van der Waals surface area contributed by atoms with E-state index in [4.69, 9.17) is 51.1 Å². The molecule has 2 aromatic rings. The van der Waals surface area contributed by atoms with E-state index in [0.29, 0.717) is 26.9 Å². The third-order valence-corrected chi connectivity index (χ3v) is 6.00. The summed E-state index contributed by atoms with van der Waals surface area (Å²) < 4.78 is 67.8. The standard InChI is InChI=1S/C18H13Cl4F3N2O5S2/c1-2-31-16(28)27(33-17(20,21)22)26-15(11-3-7-13(19)8-4-11)12-5-9-14(10-6-12)32-34(29,30)18(23,24)25/h3-10H,2H2,1H3. The van der Waals surface area contributed by atoms with Crippen LogP contribution >= 0.6 is 58.4 Å². The van der Waals surface area contributed by atoms with Gasteiger partial charge in [0.25, 0.3) is 3.12 Å². The maximum absolute atomic E-state index is 12.6. The zero-order chi connectivity index (χ0) is 25.7. The van der Waals surface area contributed by atoms with Gasteiger partial charge in [-0.05, 0) is 43.3 Å². The number of hydrogen-bond acceptors (Lipinski definition) is 7. The summed E-state index contributed by atoms with van der Waals surface area (Å²) in [4.78, 5) is 12.4. The zero-order valence-electron chi connectivity index (χ0n) is 16.7. The number of rotatable bonds is 7. The Balaban J connectivity index is 2.54. The van der Waals surface area contributed by atoms with Crippen molar-refractivity contribution in [3.05, 3.63) is 64.7 Å². The van der Waals surface area contributed by atoms with Crippen LogP contribution < -0.4 is 4.18 Å². The van der Waals surface area contributed by atoms with Crippen LogP contribution in [0, 0.1) is 0 Å². The van der Waals surface area contributed by atoms with Gasteiger partial charge in [0.2, 0.25) is 0 Å². The van der Waals surface area contributed by atoms with Crippen LogP contribution in [0.15, 0.2) is 53.6 Å². The molecule has 0 aliphatic carbocycles. The number of alkyl halides is 6. The van der Waals surface area contributed by atoms with Crippen molar-refractivity contribution in [2.45, 2.75) is 15.6 Å². The van der Waals surface area contributed by atoms with Crippen LogP contribution in [-0.4, -0.2) is 39.9 Å². The van der Waals surface area contributed by atoms with Gasteiger partial charge in [0.15, 0.2) is 0 Å². The predicted octanol–water partition coefficient (Wildman–Crippen LogP) is 6.76. The van der Waals surface area contributed by atoms with Gasteiger partial charge in [-0.2, -0.15) is 26.7 Å². The number of carbonyl (C=O) groups excluding carboxylic acids is 1. The summed E-state index contributed by atoms with van der Waals surface area (Å²) in [5, 5.41) is 4.59. The van der Waals surface area contributed by atoms with E-state index in [1.54, 1.807) is 19.1 Å². The Labute approximate surface area is 216 Å². The lowest BCUT2D eigenvalue weighted by atomic mass is 10.0. The Kier molecular flexibility index (Phi) is 9.65. The largest absolute Gasteiger partial charge is 0.534 e. The van der Waals surface area contributed by atoms with Gasteiger partial charge in [0.05, 0.1) is 12.3 Å². The summed E-state index contributed by atoms with van der Waals surface area (Å²) in [5.41, 5.74) is -4.88. The number of hydrazone groups is 1. The topological polar surface area (TPSA) is 85.3 Å². The van der Waals surface area contributed by atoms with Crippen LogP contribution in [0.3, 0.4) is 0 Å². The lowest BCUT2D eigenvalue weighted by Crippen LogP contribution is -2.28. The highest BCUT2D eigenvalue weighted by atomic mass is 35.6. The molecule has 0 N–H and O–H groups in total. The van der Waals surface area contributed by atoms with Crippen molar-refractivity contribution in [2.24, 2.45) is 5.10 Å². The molecular weight excluding hydrogens is 587 g/mol. The van der Waals surface area contributed by atoms with Gasteiger partial charge in [0.1, 0.15) is 5.75 Å². The van der Waals surface area contributed by atoms with E-state index in [-0.39, 0.29) is 17.9 Å². The molecule has 0 radical (unpaired) electrons. The number of carbonyl (C=O) groups is 1. The minimum Gasteiger partial charge on any atom is -0.448 e. The quantitative estimate of drug-likeness (QED) is 0.0873. The molecule has 186 valence electrons. The van der Waals surface area contributed by atoms with Gasteiger partial charge in [-0.15, -0.1) is 4.41 Å². The monoisotopic (exact) mass is 598 g/mol. The van der Waals surface area contributed by atoms with E-state index in [9.17, 15) is 26.4 Å². The van der Waals surface area contributed by atoms with E-state index < -0.39 is 30.6 Å². The van der Waals surface area contributed by atoms with Gasteiger partial charge in [-0.1, -0.05) is 58.5 Å². The third kappa shape index (κ3) is 8.28. The molecule has 0 aliphatic rings. The fraction of sp³-hybridized carbons (Fsp3) is 0.222. The minimum atomic E-state index is -5.86. The first-order chi connectivity index (χ1) is 15.6. The lowest BCUT2D eigenvalue weighted by molar-refractivity contribution is -0.0500. The van der Waals surface area contributed by atoms with Crippen molar-refractivity contribution in [3.8, 4) is 5.75 Å². The molecule has 0 aromatic heterocycles. The molecule has 0 fully saturated rings. The van der Waals surface area contributed by atoms with Crippen molar-refractivity contribution in [2.75, 3.05) is 6.61 Å². The Morgan fingerprint density at radius 1 is 1.03 bits per heavy atom. The van der Waals surface area contributed by atoms with Gasteiger partial charge in [0, 0.05) is 28.1 Å². The molecule has 0 heterocycles. The fourth-order valence-electron chi connectivity index (χ4n) is 2.20. The Morgan fingerprint density at radius 3 is 1.97 bits per heavy atom. The summed E-state index contributed by atoms with van der Waals surface area (Å²) in [5.74, 6) is -0.602. The maximum atomic E-state index is 12.6. The molecule has 2 aromatic carbocycles. The molecule has 0 saturated carbocycles. The first kappa shape index (κ1) is 28.7. The Morgan fingerprint density at radius 2 is 1.53 bits per heavy atom. The van der Waals surface area contributed by atoms with Crippen LogP contribution in [-0.2, 0) is 14.9 Å². The highest BCUT2D eigenvalue weighted by molar-refractivity contribution is 8.03. The number of nitrogens with zero attached hydrogens (tertiary/aromatic N) is 2. The molecule has 1 amide bonds. The summed E-state index contributed by atoms with van der Waals surface area (Å²) in [6.07, 6.45) is -0.971. The van der Waals surface area contributed by atoms with Crippen molar-refractivity contribution in [1.29, 1.82) is 0 Å². The molecule has 0 unspecified atom stereocenters. The van der Waals surface area contributed by atoms with Crippen LogP contribution in [0.25, 0.3) is 0 Å². The molecule has 0 aliphatic heterocycles. The number of hydrogen-bond donors (Lipinski definition) is 0. The average Bonchev–Trinajstić information content (AvgIpc) is 2.71. The molecule has 0 spiro atoms. The van der Waals surface area contributed by atoms with Crippen LogP contribution in [0.2, 0.25) is 5.02 Å². The zero-order valence-corrected chi connectivity index (χ0v) is 21.4. The second kappa shape index (κ2) is 11.4. The van der Waals surface area contributed by atoms with Gasteiger partial charge in [-0.3, -0.25) is 0 Å². The number of halogens is 7. The highest BCUT2D eigenvalue weighted by Crippen LogP contribution is 2.41. The highest BCUT2D eigenvalue weighted by Gasteiger charge is 2.48. The van der Waals surface area contributed by atoms with E-state index in [1.165, 1.54) is 24.3 Å². The minimum absolute atomic E-state index is 0.0126. The van der Waals surface area contributed by atoms with E-state index in [1.807, 2.05) is 0 Å². The van der Waals surface area contributed by atoms with E-state index >= 15 is 0 Å². The molecule has 0 bridgehead atoms. The number of benzene rings is 2. The molecule has 7 nitrogen and oxygen atoms in total. The van der Waals surface area contributed by atoms with Crippen molar-refractivity contribution in [3.63, 3.8) is 0 Å².